The van der Waals surface area contributed by atoms with Gasteiger partial charge < -0.3 is 14.6 Å². The van der Waals surface area contributed by atoms with E-state index < -0.39 is 0 Å². The molecule has 6 heteroatoms. The molecule has 146 valence electrons. The lowest BCUT2D eigenvalue weighted by atomic mass is 9.78. The molecule has 2 aliphatic heterocycles. The highest BCUT2D eigenvalue weighted by Crippen LogP contribution is 2.45. The fraction of sp³-hybridized carbons (Fsp3) is 0.409. The van der Waals surface area contributed by atoms with E-state index in [1.807, 2.05) is 27.8 Å². The molecule has 5 nitrogen and oxygen atoms in total. The molecule has 0 radical (unpaired) electrons. The lowest BCUT2D eigenvalue weighted by molar-refractivity contribution is 0.0232. The molecular formula is C22H25N3O2S. The zero-order valence-electron chi connectivity index (χ0n) is 16.3. The van der Waals surface area contributed by atoms with Gasteiger partial charge >= 0.3 is 0 Å². The number of piperidine rings is 1. The molecule has 5 rings (SSSR count). The molecule has 1 spiro atoms. The number of rotatable bonds is 2. The molecule has 1 N–H and O–H groups in total. The van der Waals surface area contributed by atoms with E-state index >= 15 is 0 Å². The van der Waals surface area contributed by atoms with Crippen LogP contribution in [0.3, 0.4) is 0 Å². The zero-order valence-corrected chi connectivity index (χ0v) is 17.1. The number of H-pyrrole nitrogens is 1. The predicted octanol–water partition coefficient (Wildman–Crippen LogP) is 3.86. The summed E-state index contributed by atoms with van der Waals surface area (Å²) in [7, 11) is 3.95. The van der Waals surface area contributed by atoms with Crippen LogP contribution in [0.1, 0.15) is 34.5 Å². The molecule has 2 aromatic heterocycles. The van der Waals surface area contributed by atoms with Crippen LogP contribution in [0.15, 0.2) is 35.0 Å². The number of thiophene rings is 1. The molecule has 1 aromatic carbocycles. The second-order valence-electron chi connectivity index (χ2n) is 7.90. The molecule has 0 aliphatic carbocycles. The highest BCUT2D eigenvalue weighted by Gasteiger charge is 2.45. The minimum atomic E-state index is -0.0226. The van der Waals surface area contributed by atoms with E-state index in [4.69, 9.17) is 4.74 Å². The number of aromatic nitrogens is 1. The number of nitrogens with zero attached hydrogens (tertiary/aromatic N) is 2. The fourth-order valence-electron chi connectivity index (χ4n) is 4.98. The lowest BCUT2D eigenvalue weighted by Gasteiger charge is -2.49. The number of ether oxygens (including phenoxy) is 1. The second-order valence-corrected chi connectivity index (χ2v) is 8.68. The topological polar surface area (TPSA) is 48.6 Å². The van der Waals surface area contributed by atoms with Gasteiger partial charge in [0.15, 0.2) is 0 Å². The molecule has 3 aromatic rings. The van der Waals surface area contributed by atoms with Gasteiger partial charge in [0.05, 0.1) is 18.2 Å². The van der Waals surface area contributed by atoms with E-state index in [2.05, 4.69) is 29.1 Å². The molecule has 0 bridgehead atoms. The fourth-order valence-corrected chi connectivity index (χ4v) is 5.60. The lowest BCUT2D eigenvalue weighted by Crippen LogP contribution is -2.55. The Hall–Kier alpha value is -2.31. The summed E-state index contributed by atoms with van der Waals surface area (Å²) in [5, 5.41) is 5.19. The Balaban J connectivity index is 1.48. The normalized spacial score (nSPS) is 19.1. The number of methoxy groups -OCH3 is 1. The van der Waals surface area contributed by atoms with Crippen molar-refractivity contribution in [3.63, 3.8) is 0 Å². The summed E-state index contributed by atoms with van der Waals surface area (Å²) >= 11 is 1.58. The third-order valence-electron chi connectivity index (χ3n) is 6.65. The van der Waals surface area contributed by atoms with Crippen molar-refractivity contribution in [3.8, 4) is 5.75 Å². The van der Waals surface area contributed by atoms with Gasteiger partial charge in [-0.2, -0.15) is 11.3 Å². The zero-order chi connectivity index (χ0) is 19.3. The van der Waals surface area contributed by atoms with E-state index in [-0.39, 0.29) is 11.4 Å². The van der Waals surface area contributed by atoms with Crippen molar-refractivity contribution in [2.75, 3.05) is 33.8 Å². The molecule has 0 atom stereocenters. The second kappa shape index (κ2) is 6.64. The summed E-state index contributed by atoms with van der Waals surface area (Å²) in [6, 6.07) is 8.21. The number of nitrogens with one attached hydrogen (secondary N) is 1. The van der Waals surface area contributed by atoms with E-state index in [1.54, 1.807) is 18.4 Å². The summed E-state index contributed by atoms with van der Waals surface area (Å²) in [6.45, 7) is 2.62. The molecule has 0 unspecified atom stereocenters. The Morgan fingerprint density at radius 1 is 1.21 bits per heavy atom. The van der Waals surface area contributed by atoms with E-state index in [1.165, 1.54) is 22.2 Å². The standard InChI is InChI=1S/C22H25N3O2S/c1-24-9-5-17-18-13-16(27-2)3-4-19(18)23-20(17)22(24)7-10-25(11-8-22)21(26)15-6-12-28-14-15/h3-4,6,12-14,23H,5,7-11H2,1-2H3. The monoisotopic (exact) mass is 395 g/mol. The third kappa shape index (κ3) is 2.58. The number of aromatic amines is 1. The summed E-state index contributed by atoms with van der Waals surface area (Å²) in [5.41, 5.74) is 4.73. The number of benzene rings is 1. The molecular weight excluding hydrogens is 370 g/mol. The number of likely N-dealkylation sites (tertiary alicyclic amines) is 1. The number of hydrogen-bond acceptors (Lipinski definition) is 4. The predicted molar refractivity (Wildman–Crippen MR) is 112 cm³/mol. The Bertz CT molecular complexity index is 1020. The quantitative estimate of drug-likeness (QED) is 0.717. The molecule has 0 saturated carbocycles. The van der Waals surface area contributed by atoms with Crippen LogP contribution in [0.4, 0.5) is 0 Å². The van der Waals surface area contributed by atoms with Gasteiger partial charge in [0.1, 0.15) is 5.75 Å². The van der Waals surface area contributed by atoms with Crippen LogP contribution in [-0.4, -0.2) is 54.5 Å². The van der Waals surface area contributed by atoms with Crippen molar-refractivity contribution in [2.24, 2.45) is 0 Å². The first kappa shape index (κ1) is 17.8. The summed E-state index contributed by atoms with van der Waals surface area (Å²) in [5.74, 6) is 1.06. The van der Waals surface area contributed by atoms with E-state index in [0.717, 1.165) is 50.2 Å². The average Bonchev–Trinajstić information content (AvgIpc) is 3.39. The summed E-state index contributed by atoms with van der Waals surface area (Å²) < 4.78 is 5.45. The maximum atomic E-state index is 12.8. The first-order valence-corrected chi connectivity index (χ1v) is 10.8. The Kier molecular flexibility index (Phi) is 4.21. The largest absolute Gasteiger partial charge is 0.497 e. The van der Waals surface area contributed by atoms with Gasteiger partial charge in [0.2, 0.25) is 0 Å². The van der Waals surface area contributed by atoms with Gasteiger partial charge in [-0.3, -0.25) is 9.69 Å². The van der Waals surface area contributed by atoms with Crippen LogP contribution in [0.25, 0.3) is 10.9 Å². The van der Waals surface area contributed by atoms with E-state index in [0.29, 0.717) is 0 Å². The van der Waals surface area contributed by atoms with Crippen molar-refractivity contribution in [2.45, 2.75) is 24.8 Å². The van der Waals surface area contributed by atoms with Crippen LogP contribution in [0.2, 0.25) is 0 Å². The maximum Gasteiger partial charge on any atom is 0.254 e. The van der Waals surface area contributed by atoms with Crippen molar-refractivity contribution in [1.82, 2.24) is 14.8 Å². The molecule has 28 heavy (non-hydrogen) atoms. The minimum Gasteiger partial charge on any atom is -0.497 e. The molecule has 1 amide bonds. The number of carbonyl (C=O) groups is 1. The van der Waals surface area contributed by atoms with Crippen molar-refractivity contribution < 1.29 is 9.53 Å². The number of carbonyl (C=O) groups excluding carboxylic acids is 1. The van der Waals surface area contributed by atoms with Gasteiger partial charge in [-0.1, -0.05) is 0 Å². The van der Waals surface area contributed by atoms with Crippen molar-refractivity contribution >= 4 is 28.1 Å². The smallest absolute Gasteiger partial charge is 0.254 e. The van der Waals surface area contributed by atoms with Crippen molar-refractivity contribution in [1.29, 1.82) is 0 Å². The maximum absolute atomic E-state index is 12.8. The van der Waals surface area contributed by atoms with Crippen molar-refractivity contribution in [3.05, 3.63) is 51.8 Å². The van der Waals surface area contributed by atoms with E-state index in [9.17, 15) is 4.79 Å². The Labute approximate surface area is 168 Å². The van der Waals surface area contributed by atoms with Crippen LogP contribution in [0.5, 0.6) is 5.75 Å². The first-order chi connectivity index (χ1) is 13.6. The number of likely N-dealkylation sites (N-methyl/N-ethyl adjacent to an activating group) is 1. The average molecular weight is 396 g/mol. The summed E-state index contributed by atoms with van der Waals surface area (Å²) in [4.78, 5) is 21.0. The molecule has 1 fully saturated rings. The van der Waals surface area contributed by atoms with Crippen LogP contribution in [0, 0.1) is 0 Å². The van der Waals surface area contributed by atoms with Gasteiger partial charge in [-0.05, 0) is 61.5 Å². The van der Waals surface area contributed by atoms with Gasteiger partial charge in [-0.15, -0.1) is 0 Å². The van der Waals surface area contributed by atoms with Crippen LogP contribution >= 0.6 is 11.3 Å². The Morgan fingerprint density at radius 3 is 2.75 bits per heavy atom. The number of amides is 1. The molecule has 1 saturated heterocycles. The summed E-state index contributed by atoms with van der Waals surface area (Å²) in [6.07, 6.45) is 2.95. The van der Waals surface area contributed by atoms with Gasteiger partial charge in [0.25, 0.3) is 5.91 Å². The SMILES string of the molecule is COc1ccc2[nH]c3c(c2c1)CCN(C)C31CCN(C(=O)c2ccsc2)CC1. The Morgan fingerprint density at radius 2 is 2.04 bits per heavy atom. The van der Waals surface area contributed by atoms with Gasteiger partial charge in [-0.25, -0.2) is 0 Å². The van der Waals surface area contributed by atoms with Crippen LogP contribution < -0.4 is 4.74 Å². The molecule has 2 aliphatic rings. The third-order valence-corrected chi connectivity index (χ3v) is 7.34. The number of fused-ring (bicyclic) bond motifs is 4. The first-order valence-electron chi connectivity index (χ1n) is 9.84. The number of hydrogen-bond donors (Lipinski definition) is 1. The molecule has 4 heterocycles. The highest BCUT2D eigenvalue weighted by atomic mass is 32.1. The van der Waals surface area contributed by atoms with Gasteiger partial charge in [0, 0.05) is 41.6 Å². The minimum absolute atomic E-state index is 0.0226. The highest BCUT2D eigenvalue weighted by molar-refractivity contribution is 7.08. The van der Waals surface area contributed by atoms with Crippen LogP contribution in [-0.2, 0) is 12.0 Å².